The second-order valence-electron chi connectivity index (χ2n) is 2.71. The zero-order valence-corrected chi connectivity index (χ0v) is 10.7. The van der Waals surface area contributed by atoms with Crippen molar-refractivity contribution in [2.75, 3.05) is 0 Å². The summed E-state index contributed by atoms with van der Waals surface area (Å²) in [4.78, 5) is 9.24. The van der Waals surface area contributed by atoms with Crippen molar-refractivity contribution in [3.63, 3.8) is 0 Å². The van der Waals surface area contributed by atoms with Crippen molar-refractivity contribution in [2.24, 2.45) is 0 Å². The van der Waals surface area contributed by atoms with Crippen LogP contribution >= 0.6 is 39.3 Å². The molecule has 0 amide bonds. The van der Waals surface area contributed by atoms with E-state index in [1.165, 1.54) is 0 Å². The molecule has 0 N–H and O–H groups in total. The average molecular weight is 302 g/mol. The minimum atomic E-state index is 0.409. The molecule has 0 saturated heterocycles. The lowest BCUT2D eigenvalue weighted by Crippen LogP contribution is -1.83. The Bertz CT molecular complexity index is 461. The minimum absolute atomic E-state index is 0.409. The summed E-state index contributed by atoms with van der Waals surface area (Å²) in [5.41, 5.74) is 0. The van der Waals surface area contributed by atoms with Gasteiger partial charge in [0.15, 0.2) is 0 Å². The molecule has 0 saturated carbocycles. The number of nitrogens with zero attached hydrogens (tertiary/aromatic N) is 2. The van der Waals surface area contributed by atoms with Crippen molar-refractivity contribution in [1.82, 2.24) is 9.97 Å². The van der Waals surface area contributed by atoms with Gasteiger partial charge in [0, 0.05) is 9.37 Å². The first-order valence-electron chi connectivity index (χ1n) is 4.15. The summed E-state index contributed by atoms with van der Waals surface area (Å²) >= 11 is 10.7. The Hall–Kier alpha value is -0.580. The number of halogens is 2. The Morgan fingerprint density at radius 1 is 1.13 bits per heavy atom. The predicted octanol–water partition coefficient (Wildman–Crippen LogP) is 4.04. The number of aromatic nitrogens is 2. The van der Waals surface area contributed by atoms with Gasteiger partial charge in [-0.25, -0.2) is 9.97 Å². The van der Waals surface area contributed by atoms with Crippen LogP contribution in [-0.4, -0.2) is 9.97 Å². The molecule has 1 aromatic carbocycles. The van der Waals surface area contributed by atoms with E-state index in [9.17, 15) is 0 Å². The number of hydrogen-bond acceptors (Lipinski definition) is 3. The molecular weight excluding hydrogens is 296 g/mol. The molecule has 0 radical (unpaired) electrons. The van der Waals surface area contributed by atoms with Crippen LogP contribution < -0.4 is 0 Å². The van der Waals surface area contributed by atoms with Gasteiger partial charge >= 0.3 is 0 Å². The van der Waals surface area contributed by atoms with Crippen molar-refractivity contribution in [1.29, 1.82) is 0 Å². The van der Waals surface area contributed by atoms with Crippen molar-refractivity contribution in [2.45, 2.75) is 9.92 Å². The predicted molar refractivity (Wildman–Crippen MR) is 65.3 cm³/mol. The van der Waals surface area contributed by atoms with Crippen LogP contribution in [0.3, 0.4) is 0 Å². The lowest BCUT2D eigenvalue weighted by atomic mass is 10.4. The lowest BCUT2D eigenvalue weighted by molar-refractivity contribution is 1.05. The maximum atomic E-state index is 5.65. The highest BCUT2D eigenvalue weighted by atomic mass is 79.9. The molecule has 1 aromatic heterocycles. The van der Waals surface area contributed by atoms with E-state index in [4.69, 9.17) is 11.6 Å². The Kier molecular flexibility index (Phi) is 3.61. The monoisotopic (exact) mass is 300 g/mol. The molecule has 0 atom stereocenters. The summed E-state index contributed by atoms with van der Waals surface area (Å²) in [5, 5.41) is 1.23. The lowest BCUT2D eigenvalue weighted by Gasteiger charge is -2.02. The molecule has 2 rings (SSSR count). The molecule has 0 aliphatic heterocycles. The Morgan fingerprint density at radius 2 is 1.93 bits per heavy atom. The smallest absolute Gasteiger partial charge is 0.147 e. The van der Waals surface area contributed by atoms with Gasteiger partial charge in [-0.2, -0.15) is 0 Å². The Morgan fingerprint density at radius 3 is 2.60 bits per heavy atom. The van der Waals surface area contributed by atoms with E-state index in [2.05, 4.69) is 25.9 Å². The molecule has 5 heteroatoms. The molecule has 2 nitrogen and oxygen atoms in total. The first kappa shape index (κ1) is 10.9. The molecule has 15 heavy (non-hydrogen) atoms. The van der Waals surface area contributed by atoms with Crippen molar-refractivity contribution >= 4 is 39.3 Å². The normalized spacial score (nSPS) is 10.3. The van der Waals surface area contributed by atoms with Gasteiger partial charge in [-0.05, 0) is 28.1 Å². The summed E-state index contributed by atoms with van der Waals surface area (Å²) in [7, 11) is 0. The van der Waals surface area contributed by atoms with Crippen LogP contribution in [0, 0.1) is 0 Å². The van der Waals surface area contributed by atoms with E-state index in [1.807, 2.05) is 24.3 Å². The summed E-state index contributed by atoms with van der Waals surface area (Å²) in [5.74, 6) is 0. The maximum Gasteiger partial charge on any atom is 0.147 e. The van der Waals surface area contributed by atoms with E-state index in [0.29, 0.717) is 5.15 Å². The molecule has 0 fully saturated rings. The van der Waals surface area contributed by atoms with Crippen LogP contribution in [0.4, 0.5) is 0 Å². The van der Waals surface area contributed by atoms with E-state index in [-0.39, 0.29) is 0 Å². The fourth-order valence-electron chi connectivity index (χ4n) is 0.993. The van der Waals surface area contributed by atoms with Crippen molar-refractivity contribution in [3.8, 4) is 0 Å². The first-order valence-corrected chi connectivity index (χ1v) is 6.14. The molecular formula is C10H6BrClN2S. The van der Waals surface area contributed by atoms with E-state index >= 15 is 0 Å². The van der Waals surface area contributed by atoms with Crippen LogP contribution in [0.1, 0.15) is 0 Å². The fourth-order valence-corrected chi connectivity index (χ4v) is 2.37. The molecule has 0 aliphatic carbocycles. The third kappa shape index (κ3) is 2.93. The van der Waals surface area contributed by atoms with Crippen molar-refractivity contribution in [3.05, 3.63) is 46.3 Å². The van der Waals surface area contributed by atoms with E-state index in [0.717, 1.165) is 14.4 Å². The Balaban J connectivity index is 2.22. The number of rotatable bonds is 2. The zero-order chi connectivity index (χ0) is 10.7. The third-order valence-electron chi connectivity index (χ3n) is 1.65. The van der Waals surface area contributed by atoms with Crippen LogP contribution in [0.2, 0.25) is 5.15 Å². The zero-order valence-electron chi connectivity index (χ0n) is 7.52. The SMILES string of the molecule is Clc1cnc(Sc2ccccc2Br)cn1. The molecule has 76 valence electrons. The summed E-state index contributed by atoms with van der Waals surface area (Å²) in [6, 6.07) is 7.97. The quantitative estimate of drug-likeness (QED) is 0.837. The van der Waals surface area contributed by atoms with Crippen LogP contribution in [0.5, 0.6) is 0 Å². The summed E-state index contributed by atoms with van der Waals surface area (Å²) in [6.07, 6.45) is 3.20. The second kappa shape index (κ2) is 4.96. The van der Waals surface area contributed by atoms with Gasteiger partial charge in [0.1, 0.15) is 10.2 Å². The van der Waals surface area contributed by atoms with Crippen molar-refractivity contribution < 1.29 is 0 Å². The van der Waals surface area contributed by atoms with Gasteiger partial charge in [0.05, 0.1) is 12.4 Å². The van der Waals surface area contributed by atoms with Gasteiger partial charge in [-0.3, -0.25) is 0 Å². The fraction of sp³-hybridized carbons (Fsp3) is 0. The topological polar surface area (TPSA) is 25.8 Å². The van der Waals surface area contributed by atoms with E-state index in [1.54, 1.807) is 24.2 Å². The van der Waals surface area contributed by atoms with E-state index < -0.39 is 0 Å². The third-order valence-corrected chi connectivity index (χ3v) is 3.79. The highest BCUT2D eigenvalue weighted by molar-refractivity contribution is 9.10. The van der Waals surface area contributed by atoms with Gasteiger partial charge in [-0.1, -0.05) is 35.5 Å². The molecule has 1 heterocycles. The minimum Gasteiger partial charge on any atom is -0.245 e. The van der Waals surface area contributed by atoms with Crippen LogP contribution in [0.15, 0.2) is 51.1 Å². The highest BCUT2D eigenvalue weighted by Gasteiger charge is 2.02. The maximum absolute atomic E-state index is 5.65. The average Bonchev–Trinajstić information content (AvgIpc) is 2.25. The molecule has 0 bridgehead atoms. The Labute approximate surface area is 105 Å². The van der Waals surface area contributed by atoms with Gasteiger partial charge < -0.3 is 0 Å². The molecule has 2 aromatic rings. The van der Waals surface area contributed by atoms with Gasteiger partial charge in [-0.15, -0.1) is 0 Å². The second-order valence-corrected chi connectivity index (χ2v) is 5.01. The molecule has 0 unspecified atom stereocenters. The number of benzene rings is 1. The highest BCUT2D eigenvalue weighted by Crippen LogP contribution is 2.31. The summed E-state index contributed by atoms with van der Waals surface area (Å²) < 4.78 is 1.05. The van der Waals surface area contributed by atoms with Crippen LogP contribution in [0.25, 0.3) is 0 Å². The van der Waals surface area contributed by atoms with Gasteiger partial charge in [0.25, 0.3) is 0 Å². The largest absolute Gasteiger partial charge is 0.245 e. The first-order chi connectivity index (χ1) is 7.25. The molecule has 0 spiro atoms. The standard InChI is InChI=1S/C10H6BrClN2S/c11-7-3-1-2-4-8(7)15-10-6-13-9(12)5-14-10/h1-6H. The van der Waals surface area contributed by atoms with Crippen LogP contribution in [-0.2, 0) is 0 Å². The summed E-state index contributed by atoms with van der Waals surface area (Å²) in [6.45, 7) is 0. The van der Waals surface area contributed by atoms with Gasteiger partial charge in [0.2, 0.25) is 0 Å². The molecule has 0 aliphatic rings. The number of hydrogen-bond donors (Lipinski definition) is 0.